The Balaban J connectivity index is 0.00000260. The first-order valence-electron chi connectivity index (χ1n) is 16.2. The molecule has 2 saturated heterocycles. The monoisotopic (exact) mass is 707 g/mol. The zero-order valence-electron chi connectivity index (χ0n) is 27.4. The van der Waals surface area contributed by atoms with Crippen molar-refractivity contribution >= 4 is 30.7 Å². The van der Waals surface area contributed by atoms with Gasteiger partial charge in [0.1, 0.15) is 5.82 Å². The average Bonchev–Trinajstić information content (AvgIpc) is 3.93. The summed E-state index contributed by atoms with van der Waals surface area (Å²) in [7, 11) is 3.15. The number of hydrogen-bond acceptors (Lipinski definition) is 8. The molecule has 0 spiro atoms. The maximum absolute atomic E-state index is 13.3. The standard InChI is InChI=1S/C35H43F2N5O4.2ClH/c1-44-18-15-31(43)41-16-17-42-27(20-41)19-40(22-29(42)32(24-9-5-3-6-10-24)25-11-7-4-8-12-25)21-28-34(45-2)38-33(26-13-14-26)39-35(28)46-23-30(36)37;;/h3-12,26-27,29-30,32H,13-23H2,1-2H3;2*1H. The highest BCUT2D eigenvalue weighted by Gasteiger charge is 2.43. The van der Waals surface area contributed by atoms with E-state index in [1.54, 1.807) is 14.2 Å². The van der Waals surface area contributed by atoms with Crippen LogP contribution >= 0.6 is 24.8 Å². The number of hydrogen-bond donors (Lipinski definition) is 0. The Morgan fingerprint density at radius 2 is 1.54 bits per heavy atom. The smallest absolute Gasteiger partial charge is 0.272 e. The zero-order chi connectivity index (χ0) is 32.0. The molecule has 2 atom stereocenters. The maximum Gasteiger partial charge on any atom is 0.272 e. The average molecular weight is 709 g/mol. The minimum atomic E-state index is -2.63. The Hall–Kier alpha value is -3.09. The molecule has 2 unspecified atom stereocenters. The van der Waals surface area contributed by atoms with Crippen molar-refractivity contribution in [1.82, 2.24) is 24.7 Å². The number of aromatic nitrogens is 2. The largest absolute Gasteiger partial charge is 0.481 e. The summed E-state index contributed by atoms with van der Waals surface area (Å²) in [5, 5.41) is 0. The molecule has 3 heterocycles. The molecule has 9 nitrogen and oxygen atoms in total. The van der Waals surface area contributed by atoms with E-state index in [-0.39, 0.29) is 60.5 Å². The summed E-state index contributed by atoms with van der Waals surface area (Å²) in [6, 6.07) is 21.2. The van der Waals surface area contributed by atoms with Crippen molar-refractivity contribution in [2.45, 2.75) is 56.2 Å². The van der Waals surface area contributed by atoms with Gasteiger partial charge in [0, 0.05) is 70.3 Å². The fourth-order valence-electron chi connectivity index (χ4n) is 6.94. The van der Waals surface area contributed by atoms with Crippen molar-refractivity contribution in [2.24, 2.45) is 0 Å². The first kappa shape index (κ1) is 37.7. The van der Waals surface area contributed by atoms with E-state index in [1.807, 2.05) is 17.0 Å². The molecule has 0 radical (unpaired) electrons. The molecule has 262 valence electrons. The highest BCUT2D eigenvalue weighted by atomic mass is 35.5. The second-order valence-corrected chi connectivity index (χ2v) is 12.4. The van der Waals surface area contributed by atoms with E-state index in [0.29, 0.717) is 63.0 Å². The lowest BCUT2D eigenvalue weighted by Gasteiger charge is -2.53. The number of nitrogens with zero attached hydrogens (tertiary/aromatic N) is 5. The molecule has 1 amide bonds. The molecule has 3 aromatic rings. The molecule has 1 aromatic heterocycles. The van der Waals surface area contributed by atoms with Crippen LogP contribution in [-0.2, 0) is 16.1 Å². The van der Waals surface area contributed by atoms with Gasteiger partial charge >= 0.3 is 0 Å². The van der Waals surface area contributed by atoms with Crippen LogP contribution in [0.25, 0.3) is 0 Å². The molecule has 6 rings (SSSR count). The van der Waals surface area contributed by atoms with Crippen LogP contribution in [0.15, 0.2) is 60.7 Å². The normalized spacial score (nSPS) is 19.8. The number of fused-ring (bicyclic) bond motifs is 1. The molecule has 1 aliphatic carbocycles. The van der Waals surface area contributed by atoms with E-state index in [4.69, 9.17) is 19.2 Å². The Kier molecular flexibility index (Phi) is 13.8. The lowest BCUT2D eigenvalue weighted by Crippen LogP contribution is -2.67. The number of benzene rings is 2. The van der Waals surface area contributed by atoms with Crippen molar-refractivity contribution in [3.8, 4) is 11.8 Å². The van der Waals surface area contributed by atoms with Crippen molar-refractivity contribution in [3.63, 3.8) is 0 Å². The van der Waals surface area contributed by atoms with Crippen LogP contribution in [-0.4, -0.2) is 109 Å². The minimum Gasteiger partial charge on any atom is -0.481 e. The van der Waals surface area contributed by atoms with E-state index >= 15 is 0 Å². The Morgan fingerprint density at radius 1 is 0.896 bits per heavy atom. The van der Waals surface area contributed by atoms with Crippen LogP contribution in [0.5, 0.6) is 11.8 Å². The number of amides is 1. The van der Waals surface area contributed by atoms with Crippen LogP contribution in [0.2, 0.25) is 0 Å². The van der Waals surface area contributed by atoms with Gasteiger partial charge in [-0.25, -0.2) is 8.78 Å². The predicted molar refractivity (Wildman–Crippen MR) is 184 cm³/mol. The first-order valence-corrected chi connectivity index (χ1v) is 16.2. The third-order valence-electron chi connectivity index (χ3n) is 9.26. The summed E-state index contributed by atoms with van der Waals surface area (Å²) < 4.78 is 43.2. The second kappa shape index (κ2) is 17.5. The second-order valence-electron chi connectivity index (χ2n) is 12.4. The van der Waals surface area contributed by atoms with Gasteiger partial charge in [-0.05, 0) is 24.0 Å². The van der Waals surface area contributed by atoms with E-state index < -0.39 is 13.0 Å². The number of carbonyl (C=O) groups excluding carboxylic acids is 1. The molecule has 0 bridgehead atoms. The van der Waals surface area contributed by atoms with Crippen LogP contribution < -0.4 is 9.47 Å². The summed E-state index contributed by atoms with van der Waals surface area (Å²) >= 11 is 0. The summed E-state index contributed by atoms with van der Waals surface area (Å²) in [6.45, 7) is 3.37. The van der Waals surface area contributed by atoms with Gasteiger partial charge in [0.25, 0.3) is 6.43 Å². The van der Waals surface area contributed by atoms with Gasteiger partial charge in [0.15, 0.2) is 6.61 Å². The molecule has 48 heavy (non-hydrogen) atoms. The van der Waals surface area contributed by atoms with Crippen molar-refractivity contribution < 1.29 is 27.8 Å². The zero-order valence-corrected chi connectivity index (χ0v) is 29.0. The van der Waals surface area contributed by atoms with Crippen LogP contribution in [0, 0.1) is 0 Å². The molecule has 13 heteroatoms. The highest BCUT2D eigenvalue weighted by molar-refractivity contribution is 5.85. The number of methoxy groups -OCH3 is 2. The lowest BCUT2D eigenvalue weighted by molar-refractivity contribution is -0.137. The quantitative estimate of drug-likeness (QED) is 0.233. The summed E-state index contributed by atoms with van der Waals surface area (Å²) in [5.41, 5.74) is 3.00. The van der Waals surface area contributed by atoms with E-state index in [2.05, 4.69) is 63.3 Å². The Bertz CT molecular complexity index is 1420. The van der Waals surface area contributed by atoms with Crippen molar-refractivity contribution in [3.05, 3.63) is 83.2 Å². The minimum absolute atomic E-state index is 0. The number of rotatable bonds is 13. The molecular weight excluding hydrogens is 663 g/mol. The van der Waals surface area contributed by atoms with Gasteiger partial charge in [-0.3, -0.25) is 14.6 Å². The predicted octanol–water partition coefficient (Wildman–Crippen LogP) is 5.42. The maximum atomic E-state index is 13.3. The SMILES string of the molecule is COCCC(=O)N1CCN2C(CN(Cc3c(OC)nc(C4CC4)nc3OCC(F)F)CC2C(c2ccccc2)c2ccccc2)C1.Cl.Cl. The third-order valence-corrected chi connectivity index (χ3v) is 9.26. The van der Waals surface area contributed by atoms with Gasteiger partial charge < -0.3 is 19.1 Å². The lowest BCUT2D eigenvalue weighted by atomic mass is 9.81. The number of carbonyl (C=O) groups is 1. The summed E-state index contributed by atoms with van der Waals surface area (Å²) in [5.74, 6) is 1.46. The van der Waals surface area contributed by atoms with Gasteiger partial charge in [0.2, 0.25) is 17.7 Å². The Morgan fingerprint density at radius 3 is 2.12 bits per heavy atom. The van der Waals surface area contributed by atoms with Crippen LogP contribution in [0.1, 0.15) is 53.6 Å². The molecule has 3 fully saturated rings. The topological polar surface area (TPSA) is 80.3 Å². The first-order chi connectivity index (χ1) is 22.4. The molecule has 2 aromatic carbocycles. The Labute approximate surface area is 293 Å². The fourth-order valence-corrected chi connectivity index (χ4v) is 6.94. The van der Waals surface area contributed by atoms with E-state index in [0.717, 1.165) is 19.4 Å². The summed E-state index contributed by atoms with van der Waals surface area (Å²) in [6.07, 6.45) is -0.364. The molecule has 0 N–H and O–H groups in total. The van der Waals surface area contributed by atoms with E-state index in [1.165, 1.54) is 11.1 Å². The van der Waals surface area contributed by atoms with Crippen molar-refractivity contribution in [2.75, 3.05) is 60.2 Å². The molecule has 2 aliphatic heterocycles. The third kappa shape index (κ3) is 8.92. The molecular formula is C35H45Cl2F2N5O4. The van der Waals surface area contributed by atoms with Gasteiger partial charge in [-0.2, -0.15) is 9.97 Å². The van der Waals surface area contributed by atoms with Gasteiger partial charge in [-0.15, -0.1) is 24.8 Å². The van der Waals surface area contributed by atoms with E-state index in [9.17, 15) is 13.6 Å². The molecule has 3 aliphatic rings. The number of ether oxygens (including phenoxy) is 3. The highest BCUT2D eigenvalue weighted by Crippen LogP contribution is 2.41. The number of halogens is 4. The van der Waals surface area contributed by atoms with Gasteiger partial charge in [-0.1, -0.05) is 60.7 Å². The van der Waals surface area contributed by atoms with Crippen LogP contribution in [0.3, 0.4) is 0 Å². The van der Waals surface area contributed by atoms with Crippen LogP contribution in [0.4, 0.5) is 8.78 Å². The molecule has 1 saturated carbocycles. The summed E-state index contributed by atoms with van der Waals surface area (Å²) in [4.78, 5) is 29.3. The number of alkyl halides is 2. The van der Waals surface area contributed by atoms with Crippen molar-refractivity contribution in [1.29, 1.82) is 0 Å². The number of piperazine rings is 2. The fraction of sp³-hybridized carbons (Fsp3) is 0.514. The van der Waals surface area contributed by atoms with Gasteiger partial charge in [0.05, 0.1) is 25.7 Å².